The highest BCUT2D eigenvalue weighted by Gasteiger charge is 2.25. The van der Waals surface area contributed by atoms with Crippen molar-refractivity contribution in [3.8, 4) is 6.07 Å². The molecule has 0 aliphatic carbocycles. The van der Waals surface area contributed by atoms with E-state index in [9.17, 15) is 13.2 Å². The van der Waals surface area contributed by atoms with Crippen LogP contribution in [0.3, 0.4) is 0 Å². The van der Waals surface area contributed by atoms with Crippen LogP contribution in [0.4, 0.5) is 0 Å². The Balaban J connectivity index is 3.11. The molecule has 1 unspecified atom stereocenters. The van der Waals surface area contributed by atoms with E-state index in [0.717, 1.165) is 12.1 Å². The van der Waals surface area contributed by atoms with Crippen LogP contribution in [0, 0.1) is 11.3 Å². The van der Waals surface area contributed by atoms with Gasteiger partial charge in [-0.05, 0) is 18.2 Å². The number of carbonyl (C=O) groups is 1. The number of rotatable bonds is 5. The third-order valence-electron chi connectivity index (χ3n) is 2.15. The average molecular weight is 305 g/mol. The Hall–Kier alpha value is -1.66. The second-order valence-corrected chi connectivity index (χ2v) is 5.57. The number of nitrogens with zero attached hydrogens (tertiary/aromatic N) is 1. The zero-order valence-corrected chi connectivity index (χ0v) is 10.9. The first-order chi connectivity index (χ1) is 8.81. The molecule has 1 atom stereocenters. The Morgan fingerprint density at radius 1 is 1.53 bits per heavy atom. The van der Waals surface area contributed by atoms with Crippen molar-refractivity contribution >= 4 is 27.6 Å². The summed E-state index contributed by atoms with van der Waals surface area (Å²) >= 11 is 5.69. The highest BCUT2D eigenvalue weighted by atomic mass is 35.5. The second-order valence-electron chi connectivity index (χ2n) is 3.45. The molecule has 0 fully saturated rings. The summed E-state index contributed by atoms with van der Waals surface area (Å²) in [5, 5.41) is 26.0. The Morgan fingerprint density at radius 3 is 2.58 bits per heavy atom. The molecule has 0 saturated heterocycles. The lowest BCUT2D eigenvalue weighted by molar-refractivity contribution is -0.139. The van der Waals surface area contributed by atoms with Gasteiger partial charge in [0.15, 0.2) is 0 Å². The topological polar surface area (TPSA) is 127 Å². The number of hydrogen-bond acceptors (Lipinski definition) is 5. The van der Waals surface area contributed by atoms with Crippen LogP contribution in [-0.4, -0.2) is 37.2 Å². The minimum Gasteiger partial charge on any atom is -0.480 e. The number of sulfonamides is 1. The number of aliphatic carboxylic acids is 1. The number of halogens is 1. The van der Waals surface area contributed by atoms with Gasteiger partial charge in [0.1, 0.15) is 12.1 Å². The van der Waals surface area contributed by atoms with Crippen LogP contribution in [0.2, 0.25) is 5.02 Å². The van der Waals surface area contributed by atoms with E-state index in [1.165, 1.54) is 6.07 Å². The SMILES string of the molecule is N#Cc1ccc(S(=O)(=O)NC(CO)C(=O)O)cc1Cl. The van der Waals surface area contributed by atoms with Gasteiger partial charge in [0, 0.05) is 0 Å². The van der Waals surface area contributed by atoms with Crippen LogP contribution in [0.25, 0.3) is 0 Å². The Labute approximate surface area is 114 Å². The van der Waals surface area contributed by atoms with Crippen molar-refractivity contribution in [1.82, 2.24) is 4.72 Å². The highest BCUT2D eigenvalue weighted by molar-refractivity contribution is 7.89. The number of benzene rings is 1. The zero-order valence-electron chi connectivity index (χ0n) is 9.37. The summed E-state index contributed by atoms with van der Waals surface area (Å²) < 4.78 is 25.5. The molecule has 19 heavy (non-hydrogen) atoms. The van der Waals surface area contributed by atoms with Crippen molar-refractivity contribution in [1.29, 1.82) is 5.26 Å². The summed E-state index contributed by atoms with van der Waals surface area (Å²) in [6, 6.07) is 3.45. The summed E-state index contributed by atoms with van der Waals surface area (Å²) in [5.41, 5.74) is 0.0950. The molecule has 9 heteroatoms. The molecule has 0 aromatic heterocycles. The van der Waals surface area contributed by atoms with Gasteiger partial charge in [-0.2, -0.15) is 9.98 Å². The fraction of sp³-hybridized carbons (Fsp3) is 0.200. The lowest BCUT2D eigenvalue weighted by atomic mass is 10.2. The molecule has 0 amide bonds. The monoisotopic (exact) mass is 304 g/mol. The summed E-state index contributed by atoms with van der Waals surface area (Å²) in [7, 11) is -4.15. The van der Waals surface area contributed by atoms with Crippen LogP contribution in [0.1, 0.15) is 5.56 Å². The first-order valence-corrected chi connectivity index (χ1v) is 6.73. The van der Waals surface area contributed by atoms with E-state index >= 15 is 0 Å². The molecule has 0 aliphatic rings. The van der Waals surface area contributed by atoms with Gasteiger partial charge >= 0.3 is 5.97 Å². The van der Waals surface area contributed by atoms with Gasteiger partial charge in [0.25, 0.3) is 0 Å². The lowest BCUT2D eigenvalue weighted by Crippen LogP contribution is -2.43. The summed E-state index contributed by atoms with van der Waals surface area (Å²) in [6.45, 7) is -0.890. The van der Waals surface area contributed by atoms with Crippen molar-refractivity contribution in [2.75, 3.05) is 6.61 Å². The number of carboxylic acid groups (broad SMARTS) is 1. The van der Waals surface area contributed by atoms with E-state index in [2.05, 4.69) is 0 Å². The molecule has 3 N–H and O–H groups in total. The molecular weight excluding hydrogens is 296 g/mol. The summed E-state index contributed by atoms with van der Waals surface area (Å²) in [6.07, 6.45) is 0. The molecular formula is C10H9ClN2O5S. The Morgan fingerprint density at radius 2 is 2.16 bits per heavy atom. The second kappa shape index (κ2) is 5.99. The van der Waals surface area contributed by atoms with Gasteiger partial charge < -0.3 is 10.2 Å². The molecule has 0 spiro atoms. The number of hydrogen-bond donors (Lipinski definition) is 3. The quantitative estimate of drug-likeness (QED) is 0.699. The number of aliphatic hydroxyl groups is 1. The van der Waals surface area contributed by atoms with Gasteiger partial charge in [-0.25, -0.2) is 8.42 Å². The van der Waals surface area contributed by atoms with Gasteiger partial charge in [-0.3, -0.25) is 4.79 Å². The zero-order chi connectivity index (χ0) is 14.6. The third-order valence-corrected chi connectivity index (χ3v) is 3.93. The van der Waals surface area contributed by atoms with E-state index in [1.807, 2.05) is 0 Å². The molecule has 7 nitrogen and oxygen atoms in total. The third kappa shape index (κ3) is 3.65. The number of nitriles is 1. The van der Waals surface area contributed by atoms with Crippen LogP contribution >= 0.6 is 11.6 Å². The fourth-order valence-corrected chi connectivity index (χ4v) is 2.67. The van der Waals surface area contributed by atoms with E-state index < -0.39 is 28.6 Å². The van der Waals surface area contributed by atoms with Crippen molar-refractivity contribution in [3.63, 3.8) is 0 Å². The van der Waals surface area contributed by atoms with Crippen molar-refractivity contribution < 1.29 is 23.4 Å². The average Bonchev–Trinajstić information content (AvgIpc) is 2.35. The molecule has 0 bridgehead atoms. The first kappa shape index (κ1) is 15.4. The van der Waals surface area contributed by atoms with E-state index in [1.54, 1.807) is 10.8 Å². The molecule has 1 aromatic carbocycles. The standard InChI is InChI=1S/C10H9ClN2O5S/c11-8-3-7(2-1-6(8)4-12)19(17,18)13-9(5-14)10(15)16/h1-3,9,13-14H,5H2,(H,15,16). The molecule has 0 heterocycles. The Bertz CT molecular complexity index is 638. The highest BCUT2D eigenvalue weighted by Crippen LogP contribution is 2.20. The molecule has 0 saturated carbocycles. The number of aliphatic hydroxyl groups excluding tert-OH is 1. The van der Waals surface area contributed by atoms with Crippen LogP contribution < -0.4 is 4.72 Å². The van der Waals surface area contributed by atoms with Gasteiger partial charge in [-0.15, -0.1) is 0 Å². The summed E-state index contributed by atoms with van der Waals surface area (Å²) in [5.74, 6) is -1.51. The maximum Gasteiger partial charge on any atom is 0.324 e. The molecule has 1 aromatic rings. The van der Waals surface area contributed by atoms with E-state index in [-0.39, 0.29) is 15.5 Å². The van der Waals surface area contributed by atoms with Gasteiger partial charge in [0.2, 0.25) is 10.0 Å². The Kier molecular flexibility index (Phi) is 4.85. The van der Waals surface area contributed by atoms with Crippen LogP contribution in [-0.2, 0) is 14.8 Å². The van der Waals surface area contributed by atoms with Gasteiger partial charge in [-0.1, -0.05) is 11.6 Å². The predicted octanol–water partition coefficient (Wildman–Crippen LogP) is -0.0645. The minimum absolute atomic E-state index is 0.0683. The molecule has 0 aliphatic heterocycles. The van der Waals surface area contributed by atoms with Crippen LogP contribution in [0.5, 0.6) is 0 Å². The lowest BCUT2D eigenvalue weighted by Gasteiger charge is -2.12. The first-order valence-electron chi connectivity index (χ1n) is 4.87. The molecule has 1 rings (SSSR count). The maximum absolute atomic E-state index is 11.8. The van der Waals surface area contributed by atoms with Crippen LogP contribution in [0.15, 0.2) is 23.1 Å². The van der Waals surface area contributed by atoms with Crippen molar-refractivity contribution in [3.05, 3.63) is 28.8 Å². The normalized spacial score (nSPS) is 12.7. The molecule has 102 valence electrons. The maximum atomic E-state index is 11.8. The molecule has 0 radical (unpaired) electrons. The van der Waals surface area contributed by atoms with Gasteiger partial charge in [0.05, 0.1) is 22.1 Å². The minimum atomic E-state index is -4.15. The fourth-order valence-electron chi connectivity index (χ4n) is 1.17. The van der Waals surface area contributed by atoms with Crippen molar-refractivity contribution in [2.45, 2.75) is 10.9 Å². The number of carboxylic acids is 1. The largest absolute Gasteiger partial charge is 0.480 e. The summed E-state index contributed by atoms with van der Waals surface area (Å²) in [4.78, 5) is 10.4. The van der Waals surface area contributed by atoms with Crippen molar-refractivity contribution in [2.24, 2.45) is 0 Å². The van der Waals surface area contributed by atoms with E-state index in [0.29, 0.717) is 0 Å². The smallest absolute Gasteiger partial charge is 0.324 e. The van der Waals surface area contributed by atoms with E-state index in [4.69, 9.17) is 27.1 Å². The number of nitrogens with one attached hydrogen (secondary N) is 1. The predicted molar refractivity (Wildman–Crippen MR) is 65.0 cm³/mol.